The van der Waals surface area contributed by atoms with Crippen LogP contribution in [0, 0.1) is 23.2 Å². The van der Waals surface area contributed by atoms with Crippen LogP contribution in [0.4, 0.5) is 5.13 Å². The van der Waals surface area contributed by atoms with Crippen molar-refractivity contribution in [2.75, 3.05) is 12.4 Å². The van der Waals surface area contributed by atoms with Crippen LogP contribution in [0.1, 0.15) is 62.9 Å². The second-order valence-electron chi connectivity index (χ2n) is 8.99. The molecule has 0 aliphatic heterocycles. The van der Waals surface area contributed by atoms with Gasteiger partial charge in [-0.3, -0.25) is 4.79 Å². The van der Waals surface area contributed by atoms with Gasteiger partial charge in [0.2, 0.25) is 5.91 Å². The molecule has 0 aromatic carbocycles. The first-order valence-electron chi connectivity index (χ1n) is 10.00. The molecule has 0 radical (unpaired) electrons. The largest absolute Gasteiger partial charge is 0.392 e. The number of rotatable bonds is 4. The molecular weight excluding hydrogens is 346 g/mol. The standard InChI is InChI=1S/C20H31N3O2S/c1-10(18(25)22-12-5-6-12)13-7-8-20(3)9-14-16(23-19(21-4)26-14)11(2)15(20)17(13)24/h10-13,15,17,24H,5-9H2,1-4H3,(H,21,23)(H,22,25)/t10-,11+,13+,15+,17-,20+/m0/s1. The molecule has 2 saturated carbocycles. The van der Waals surface area contributed by atoms with Crippen LogP contribution in [-0.2, 0) is 11.2 Å². The van der Waals surface area contributed by atoms with Gasteiger partial charge in [-0.15, -0.1) is 11.3 Å². The van der Waals surface area contributed by atoms with Crippen LogP contribution < -0.4 is 10.6 Å². The van der Waals surface area contributed by atoms with Crippen LogP contribution in [0.15, 0.2) is 0 Å². The highest BCUT2D eigenvalue weighted by molar-refractivity contribution is 7.15. The summed E-state index contributed by atoms with van der Waals surface area (Å²) >= 11 is 1.75. The molecule has 5 nitrogen and oxygen atoms in total. The predicted molar refractivity (Wildman–Crippen MR) is 104 cm³/mol. The van der Waals surface area contributed by atoms with Gasteiger partial charge in [-0.05, 0) is 49.4 Å². The molecule has 26 heavy (non-hydrogen) atoms. The van der Waals surface area contributed by atoms with E-state index in [-0.39, 0.29) is 35.0 Å². The number of amides is 1. The highest BCUT2D eigenvalue weighted by Crippen LogP contribution is 2.57. The Labute approximate surface area is 160 Å². The Kier molecular flexibility index (Phi) is 4.55. The lowest BCUT2D eigenvalue weighted by atomic mass is 9.53. The summed E-state index contributed by atoms with van der Waals surface area (Å²) in [5.41, 5.74) is 1.24. The number of hydrogen-bond donors (Lipinski definition) is 3. The smallest absolute Gasteiger partial charge is 0.223 e. The summed E-state index contributed by atoms with van der Waals surface area (Å²) in [5, 5.41) is 18.6. The Morgan fingerprint density at radius 3 is 2.77 bits per heavy atom. The molecule has 6 atom stereocenters. The monoisotopic (exact) mass is 377 g/mol. The van der Waals surface area contributed by atoms with Gasteiger partial charge < -0.3 is 15.7 Å². The first kappa shape index (κ1) is 18.2. The second-order valence-corrected chi connectivity index (χ2v) is 10.1. The van der Waals surface area contributed by atoms with Gasteiger partial charge in [-0.25, -0.2) is 4.98 Å². The van der Waals surface area contributed by atoms with Gasteiger partial charge in [0.05, 0.1) is 11.8 Å². The van der Waals surface area contributed by atoms with E-state index in [4.69, 9.17) is 4.98 Å². The number of nitrogens with one attached hydrogen (secondary N) is 2. The number of carbonyl (C=O) groups excluding carboxylic acids is 1. The summed E-state index contributed by atoms with van der Waals surface area (Å²) in [4.78, 5) is 18.7. The zero-order chi connectivity index (χ0) is 18.6. The molecular formula is C20H31N3O2S. The first-order chi connectivity index (χ1) is 12.3. The number of carbonyl (C=O) groups is 1. The molecule has 3 N–H and O–H groups in total. The van der Waals surface area contributed by atoms with Crippen molar-refractivity contribution < 1.29 is 9.90 Å². The molecule has 1 amide bonds. The Balaban J connectivity index is 1.57. The van der Waals surface area contributed by atoms with E-state index in [0.717, 1.165) is 42.9 Å². The van der Waals surface area contributed by atoms with Gasteiger partial charge in [0.15, 0.2) is 5.13 Å². The Morgan fingerprint density at radius 1 is 1.38 bits per heavy atom. The molecule has 1 aromatic heterocycles. The normalized spacial score (nSPS) is 37.4. The molecule has 1 aromatic rings. The minimum atomic E-state index is -0.448. The van der Waals surface area contributed by atoms with Crippen LogP contribution in [-0.4, -0.2) is 35.2 Å². The molecule has 1 heterocycles. The number of anilines is 1. The van der Waals surface area contributed by atoms with Crippen molar-refractivity contribution in [1.82, 2.24) is 10.3 Å². The molecule has 0 saturated heterocycles. The van der Waals surface area contributed by atoms with E-state index in [0.29, 0.717) is 6.04 Å². The highest BCUT2D eigenvalue weighted by Gasteiger charge is 2.54. The molecule has 144 valence electrons. The lowest BCUT2D eigenvalue weighted by molar-refractivity contribution is -0.134. The quantitative estimate of drug-likeness (QED) is 0.753. The molecule has 0 unspecified atom stereocenters. The second kappa shape index (κ2) is 6.48. The van der Waals surface area contributed by atoms with E-state index >= 15 is 0 Å². The third kappa shape index (κ3) is 2.95. The summed E-state index contributed by atoms with van der Waals surface area (Å²) in [6, 6.07) is 0.377. The van der Waals surface area contributed by atoms with Crippen molar-refractivity contribution in [2.45, 2.75) is 70.9 Å². The number of hydrogen-bond acceptors (Lipinski definition) is 5. The number of aromatic nitrogens is 1. The zero-order valence-corrected chi connectivity index (χ0v) is 17.0. The van der Waals surface area contributed by atoms with Crippen LogP contribution in [0.3, 0.4) is 0 Å². The number of nitrogens with zero attached hydrogens (tertiary/aromatic N) is 1. The molecule has 2 fully saturated rings. The van der Waals surface area contributed by atoms with Crippen molar-refractivity contribution in [1.29, 1.82) is 0 Å². The van der Waals surface area contributed by atoms with Crippen molar-refractivity contribution in [3.8, 4) is 0 Å². The topological polar surface area (TPSA) is 74.2 Å². The SMILES string of the molecule is CNc1nc2c(s1)C[C@@]1(C)CC[C@H]([C@H](C)C(=O)NC3CC3)[C@H](O)[C@H]1[C@H]2C. The molecule has 3 aliphatic rings. The van der Waals surface area contributed by atoms with Gasteiger partial charge in [0.1, 0.15) is 0 Å². The third-order valence-electron chi connectivity index (χ3n) is 7.12. The van der Waals surface area contributed by atoms with Crippen LogP contribution in [0.5, 0.6) is 0 Å². The van der Waals surface area contributed by atoms with Crippen molar-refractivity contribution in [3.63, 3.8) is 0 Å². The number of thiazole rings is 1. The van der Waals surface area contributed by atoms with Gasteiger partial charge in [0.25, 0.3) is 0 Å². The van der Waals surface area contributed by atoms with E-state index in [9.17, 15) is 9.90 Å². The molecule has 6 heteroatoms. The molecule has 4 rings (SSSR count). The van der Waals surface area contributed by atoms with Crippen LogP contribution >= 0.6 is 11.3 Å². The maximum atomic E-state index is 12.6. The summed E-state index contributed by atoms with van der Waals surface area (Å²) in [6.45, 7) is 6.53. The van der Waals surface area contributed by atoms with Crippen molar-refractivity contribution >= 4 is 22.4 Å². The summed E-state index contributed by atoms with van der Waals surface area (Å²) < 4.78 is 0. The highest BCUT2D eigenvalue weighted by atomic mass is 32.1. The maximum absolute atomic E-state index is 12.6. The molecule has 0 bridgehead atoms. The fourth-order valence-corrected chi connectivity index (χ4v) is 6.63. The lowest BCUT2D eigenvalue weighted by Crippen LogP contribution is -2.53. The number of aliphatic hydroxyl groups excluding tert-OH is 1. The van der Waals surface area contributed by atoms with E-state index in [1.54, 1.807) is 11.3 Å². The summed E-state index contributed by atoms with van der Waals surface area (Å²) in [5.74, 6) is 0.413. The van der Waals surface area contributed by atoms with Gasteiger partial charge in [0, 0.05) is 29.8 Å². The fourth-order valence-electron chi connectivity index (χ4n) is 5.41. The number of fused-ring (bicyclic) bond motifs is 2. The van der Waals surface area contributed by atoms with E-state index in [1.165, 1.54) is 4.88 Å². The van der Waals surface area contributed by atoms with E-state index in [1.807, 2.05) is 14.0 Å². The van der Waals surface area contributed by atoms with Crippen molar-refractivity contribution in [3.05, 3.63) is 10.6 Å². The molecule has 3 aliphatic carbocycles. The van der Waals surface area contributed by atoms with E-state index in [2.05, 4.69) is 24.5 Å². The third-order valence-corrected chi connectivity index (χ3v) is 8.20. The summed E-state index contributed by atoms with van der Waals surface area (Å²) in [7, 11) is 1.91. The van der Waals surface area contributed by atoms with Gasteiger partial charge in [-0.1, -0.05) is 20.8 Å². The maximum Gasteiger partial charge on any atom is 0.223 e. The Hall–Kier alpha value is -1.14. The first-order valence-corrected chi connectivity index (χ1v) is 10.8. The van der Waals surface area contributed by atoms with E-state index < -0.39 is 6.10 Å². The fraction of sp³-hybridized carbons (Fsp3) is 0.800. The zero-order valence-electron chi connectivity index (χ0n) is 16.2. The van der Waals surface area contributed by atoms with Crippen LogP contribution in [0.2, 0.25) is 0 Å². The molecule has 0 spiro atoms. The predicted octanol–water partition coefficient (Wildman–Crippen LogP) is 3.15. The van der Waals surface area contributed by atoms with Gasteiger partial charge in [-0.2, -0.15) is 0 Å². The Bertz CT molecular complexity index is 701. The van der Waals surface area contributed by atoms with Crippen molar-refractivity contribution in [2.24, 2.45) is 23.2 Å². The average molecular weight is 378 g/mol. The lowest BCUT2D eigenvalue weighted by Gasteiger charge is -2.53. The minimum absolute atomic E-state index is 0.0400. The van der Waals surface area contributed by atoms with Gasteiger partial charge >= 0.3 is 0 Å². The minimum Gasteiger partial charge on any atom is -0.392 e. The average Bonchev–Trinajstić information content (AvgIpc) is 3.30. The number of aliphatic hydroxyl groups is 1. The summed E-state index contributed by atoms with van der Waals surface area (Å²) in [6.07, 6.45) is 4.73. The Morgan fingerprint density at radius 2 is 2.12 bits per heavy atom. The van der Waals surface area contributed by atoms with Crippen LogP contribution in [0.25, 0.3) is 0 Å².